The molecule has 16 nitrogen and oxygen atoms in total. The predicted octanol–water partition coefficient (Wildman–Crippen LogP) is 3.39. The first kappa shape index (κ1) is 68.5. The van der Waals surface area contributed by atoms with Crippen molar-refractivity contribution >= 4 is 35.0 Å². The quantitative estimate of drug-likeness (QED) is 0.0330. The minimum atomic E-state index is -1.74. The Morgan fingerprint density at radius 2 is 0.738 bits per heavy atom. The smallest absolute Gasteiger partial charge is 0.550 e. The van der Waals surface area contributed by atoms with Crippen LogP contribution in [0.3, 0.4) is 0 Å². The Kier molecular flexibility index (Phi) is 49.5. The predicted molar refractivity (Wildman–Crippen MR) is 247 cm³/mol. The minimum absolute atomic E-state index is 0. The number of unbranched alkanes of at least 4 members (excludes halogenated alkanes) is 28. The Balaban J connectivity index is -0.000000878. The molecule has 384 valence electrons. The van der Waals surface area contributed by atoms with E-state index >= 15 is 0 Å². The molecule has 0 aromatic heterocycles. The Bertz CT molecular complexity index is 999. The number of rotatable bonds is 36. The molecule has 17 heteroatoms. The van der Waals surface area contributed by atoms with E-state index in [9.17, 15) is 55.5 Å². The van der Waals surface area contributed by atoms with E-state index in [4.69, 9.17) is 19.3 Å². The van der Waals surface area contributed by atoms with Gasteiger partial charge in [0.25, 0.3) is 0 Å². The topological polar surface area (TPSA) is 301 Å². The second-order valence-corrected chi connectivity index (χ2v) is 17.7. The monoisotopic (exact) mass is 951 g/mol. The van der Waals surface area contributed by atoms with Crippen LogP contribution < -0.4 is 10.2 Å². The summed E-state index contributed by atoms with van der Waals surface area (Å²) in [6.45, 7) is 3.19. The summed E-state index contributed by atoms with van der Waals surface area (Å²) in [5, 5.41) is 96.9. The third-order valence-electron chi connectivity index (χ3n) is 11.9. The number of ether oxygens (including phenoxy) is 3. The maximum Gasteiger partial charge on any atom is 2.00 e. The molecule has 0 aromatic rings. The van der Waals surface area contributed by atoms with Gasteiger partial charge in [0.1, 0.15) is 48.8 Å². The molecule has 0 bridgehead atoms. The Morgan fingerprint density at radius 3 is 1.03 bits per heavy atom. The molecule has 0 radical (unpaired) electrons. The minimum Gasteiger partial charge on any atom is -0.550 e. The van der Waals surface area contributed by atoms with Crippen LogP contribution in [-0.4, -0.2) is 156 Å². The van der Waals surface area contributed by atoms with Crippen molar-refractivity contribution in [3.63, 3.8) is 0 Å². The first-order valence-corrected chi connectivity index (χ1v) is 25.0. The molecule has 2 rings (SSSR count). The number of hydrogen-bond acceptors (Lipinski definition) is 15. The third-order valence-corrected chi connectivity index (χ3v) is 11.9. The van der Waals surface area contributed by atoms with E-state index in [2.05, 4.69) is 13.8 Å². The second kappa shape index (κ2) is 46.9. The summed E-state index contributed by atoms with van der Waals surface area (Å²) in [6, 6.07) is 0. The normalized spacial score (nSPS) is 25.0. The first-order valence-electron chi connectivity index (χ1n) is 25.0. The summed E-state index contributed by atoms with van der Waals surface area (Å²) < 4.78 is 15.3. The van der Waals surface area contributed by atoms with Crippen molar-refractivity contribution in [2.75, 3.05) is 13.2 Å². The van der Waals surface area contributed by atoms with Crippen LogP contribution in [0.4, 0.5) is 0 Å². The number of carboxylic acid groups (broad SMARTS) is 2. The van der Waals surface area contributed by atoms with Crippen molar-refractivity contribution in [2.24, 2.45) is 0 Å². The van der Waals surface area contributed by atoms with Crippen molar-refractivity contribution in [1.82, 2.24) is 0 Å². The fourth-order valence-electron chi connectivity index (χ4n) is 7.85. The van der Waals surface area contributed by atoms with Gasteiger partial charge in [-0.1, -0.05) is 194 Å². The molecule has 2 saturated heterocycles. The SMILES string of the molecule is CCCCCCCCCCCCCCCCCC(=O)[O-].CCCCCCCCCCCCCCCCCC(=O)[O-].O.OC[C@H]1O[C@@H](O[C@H]2[C@H](O)[C@@H](O)[C@@H](O)O[C@@H]2CO)[C@H](O)[C@@H](O)[C@H]1O.[Mg+2]. The van der Waals surface area contributed by atoms with Crippen LogP contribution in [-0.2, 0) is 23.8 Å². The number of aliphatic hydroxyl groups is 8. The fourth-order valence-corrected chi connectivity index (χ4v) is 7.85. The van der Waals surface area contributed by atoms with Gasteiger partial charge in [0.2, 0.25) is 0 Å². The third kappa shape index (κ3) is 35.9. The average Bonchev–Trinajstić information content (AvgIpc) is 3.26. The van der Waals surface area contributed by atoms with E-state index in [-0.39, 0.29) is 41.4 Å². The molecule has 65 heavy (non-hydrogen) atoms. The molecule has 10 N–H and O–H groups in total. The molecule has 2 heterocycles. The zero-order valence-corrected chi connectivity index (χ0v) is 41.9. The van der Waals surface area contributed by atoms with Crippen LogP contribution in [0.1, 0.15) is 219 Å². The van der Waals surface area contributed by atoms with E-state index in [0.717, 1.165) is 25.7 Å². The van der Waals surface area contributed by atoms with Crippen LogP contribution in [0.25, 0.3) is 0 Å². The Hall–Kier alpha value is -0.774. The van der Waals surface area contributed by atoms with Crippen LogP contribution >= 0.6 is 0 Å². The van der Waals surface area contributed by atoms with Crippen LogP contribution in [0.15, 0.2) is 0 Å². The summed E-state index contributed by atoms with van der Waals surface area (Å²) in [7, 11) is 0. The maximum absolute atomic E-state index is 10.2. The van der Waals surface area contributed by atoms with Crippen molar-refractivity contribution in [2.45, 2.75) is 281 Å². The molecule has 10 atom stereocenters. The van der Waals surface area contributed by atoms with Gasteiger partial charge in [-0.25, -0.2) is 0 Å². The molecule has 2 fully saturated rings. The van der Waals surface area contributed by atoms with E-state index in [0.29, 0.717) is 0 Å². The second-order valence-electron chi connectivity index (χ2n) is 17.7. The molecule has 0 aliphatic carbocycles. The molecular weight excluding hydrogens is 857 g/mol. The van der Waals surface area contributed by atoms with Gasteiger partial charge < -0.3 is 80.3 Å². The summed E-state index contributed by atoms with van der Waals surface area (Å²) in [5.41, 5.74) is 0. The Labute approximate surface area is 407 Å². The van der Waals surface area contributed by atoms with Crippen LogP contribution in [0.5, 0.6) is 0 Å². The van der Waals surface area contributed by atoms with Gasteiger partial charge in [-0.3, -0.25) is 0 Å². The molecule has 0 spiro atoms. The molecule has 0 saturated carbocycles. The summed E-state index contributed by atoms with van der Waals surface area (Å²) in [6.07, 6.45) is 24.1. The van der Waals surface area contributed by atoms with Gasteiger partial charge >= 0.3 is 23.1 Å². The first-order chi connectivity index (χ1) is 30.4. The zero-order chi connectivity index (χ0) is 47.1. The van der Waals surface area contributed by atoms with Crippen molar-refractivity contribution in [3.05, 3.63) is 0 Å². The van der Waals surface area contributed by atoms with Gasteiger partial charge in [0, 0.05) is 11.9 Å². The molecule has 2 aliphatic heterocycles. The average molecular weight is 952 g/mol. The van der Waals surface area contributed by atoms with Crippen molar-refractivity contribution < 1.29 is 80.3 Å². The van der Waals surface area contributed by atoms with E-state index in [1.54, 1.807) is 0 Å². The van der Waals surface area contributed by atoms with E-state index < -0.39 is 86.6 Å². The largest absolute Gasteiger partial charge is 2.00 e. The van der Waals surface area contributed by atoms with Crippen LogP contribution in [0, 0.1) is 0 Å². The number of aliphatic carboxylic acids is 2. The van der Waals surface area contributed by atoms with Gasteiger partial charge in [-0.05, 0) is 25.7 Å². The molecule has 0 amide bonds. The number of carbonyl (C=O) groups excluding carboxylic acids is 2. The zero-order valence-electron chi connectivity index (χ0n) is 40.5. The van der Waals surface area contributed by atoms with Gasteiger partial charge in [-0.15, -0.1) is 0 Å². The molecular formula is C48H94MgO16. The molecule has 2 aliphatic rings. The van der Waals surface area contributed by atoms with Gasteiger partial charge in [-0.2, -0.15) is 0 Å². The summed E-state index contributed by atoms with van der Waals surface area (Å²) >= 11 is 0. The van der Waals surface area contributed by atoms with E-state index in [1.807, 2.05) is 0 Å². The Morgan fingerprint density at radius 1 is 0.431 bits per heavy atom. The number of carbonyl (C=O) groups is 2. The number of aliphatic hydroxyl groups excluding tert-OH is 8. The van der Waals surface area contributed by atoms with Gasteiger partial charge in [0.05, 0.1) is 13.2 Å². The summed E-state index contributed by atoms with van der Waals surface area (Å²) in [4.78, 5) is 20.4. The van der Waals surface area contributed by atoms with Crippen LogP contribution in [0.2, 0.25) is 0 Å². The van der Waals surface area contributed by atoms with Crippen molar-refractivity contribution in [3.8, 4) is 0 Å². The number of carboxylic acids is 2. The molecule has 0 aromatic carbocycles. The summed E-state index contributed by atoms with van der Waals surface area (Å²) in [5.74, 6) is -1.81. The number of hydrogen-bond donors (Lipinski definition) is 8. The molecule has 0 unspecified atom stereocenters. The maximum atomic E-state index is 10.2. The standard InChI is InChI=1S/2C18H36O2.C12H22O11.Mg.H2O/c2*1-2-3-4-5-6-7-8-9-10-11-12-13-14-15-16-17-18(19)20;13-1-3-5(15)6(16)9(19)12(22-3)23-10-4(2-14)21-11(20)8(18)7(10)17;;/h2*2-17H2,1H3,(H,19,20);3-20H,1-2H2;;1H2/q;;;+2;/p-2/t;;3-,4-,5+,6+,7-,8-,9-,10-,11+,12+;;/m..1../s1. The van der Waals surface area contributed by atoms with Gasteiger partial charge in [0.15, 0.2) is 12.6 Å². The van der Waals surface area contributed by atoms with Crippen molar-refractivity contribution in [1.29, 1.82) is 0 Å². The fraction of sp³-hybridized carbons (Fsp3) is 0.958. The van der Waals surface area contributed by atoms with E-state index in [1.165, 1.54) is 167 Å².